The monoisotopic (exact) mass is 248 g/mol. The molecule has 1 rings (SSSR count). The topological polar surface area (TPSA) is 41.6 Å². The van der Waals surface area contributed by atoms with Gasteiger partial charge < -0.3 is 15.0 Å². The molecule has 0 saturated carbocycles. The summed E-state index contributed by atoms with van der Waals surface area (Å²) in [5.41, 5.74) is 1.12. The van der Waals surface area contributed by atoms with E-state index in [0.29, 0.717) is 19.7 Å². The minimum atomic E-state index is 0.0703. The molecule has 0 aromatic heterocycles. The molecular formula is C14H20N2O2. The first-order chi connectivity index (χ1) is 8.63. The van der Waals surface area contributed by atoms with Crippen LogP contribution in [0, 0.1) is 0 Å². The zero-order valence-corrected chi connectivity index (χ0v) is 11.0. The lowest BCUT2D eigenvalue weighted by Crippen LogP contribution is -2.32. The van der Waals surface area contributed by atoms with Crippen LogP contribution in [0.5, 0.6) is 5.75 Å². The highest BCUT2D eigenvalue weighted by atomic mass is 16.5. The zero-order valence-electron chi connectivity index (χ0n) is 11.0. The highest BCUT2D eigenvalue weighted by Gasteiger charge is 2.02. The molecule has 0 aliphatic heterocycles. The molecule has 0 aliphatic carbocycles. The van der Waals surface area contributed by atoms with Gasteiger partial charge in [0, 0.05) is 20.6 Å². The third-order valence-electron chi connectivity index (χ3n) is 2.40. The molecule has 0 fully saturated rings. The van der Waals surface area contributed by atoms with E-state index in [1.54, 1.807) is 25.1 Å². The highest BCUT2D eigenvalue weighted by molar-refractivity contribution is 5.77. The van der Waals surface area contributed by atoms with Crippen LogP contribution < -0.4 is 10.1 Å². The normalized spacial score (nSPS) is 9.89. The molecule has 1 N–H and O–H groups in total. The Kier molecular flexibility index (Phi) is 5.94. The lowest BCUT2D eigenvalue weighted by molar-refractivity contribution is -0.127. The average molecular weight is 248 g/mol. The SMILES string of the molecule is C=CCOc1ccc(CNCC(=O)N(C)C)cc1. The molecule has 0 saturated heterocycles. The summed E-state index contributed by atoms with van der Waals surface area (Å²) in [7, 11) is 3.49. The first-order valence-corrected chi connectivity index (χ1v) is 5.87. The highest BCUT2D eigenvalue weighted by Crippen LogP contribution is 2.11. The van der Waals surface area contributed by atoms with Gasteiger partial charge in [0.25, 0.3) is 0 Å². The van der Waals surface area contributed by atoms with Gasteiger partial charge in [-0.1, -0.05) is 24.8 Å². The fourth-order valence-corrected chi connectivity index (χ4v) is 1.33. The Morgan fingerprint density at radius 1 is 1.39 bits per heavy atom. The van der Waals surface area contributed by atoms with Crippen molar-refractivity contribution in [1.29, 1.82) is 0 Å². The number of carbonyl (C=O) groups excluding carboxylic acids is 1. The van der Waals surface area contributed by atoms with Crippen molar-refractivity contribution < 1.29 is 9.53 Å². The molecule has 0 bridgehead atoms. The Balaban J connectivity index is 2.35. The van der Waals surface area contributed by atoms with Crippen molar-refractivity contribution in [3.8, 4) is 5.75 Å². The first-order valence-electron chi connectivity index (χ1n) is 5.87. The van der Waals surface area contributed by atoms with Crippen molar-refractivity contribution in [2.45, 2.75) is 6.54 Å². The summed E-state index contributed by atoms with van der Waals surface area (Å²) in [6.07, 6.45) is 1.71. The maximum Gasteiger partial charge on any atom is 0.236 e. The molecule has 1 amide bonds. The number of hydrogen-bond acceptors (Lipinski definition) is 3. The molecule has 0 spiro atoms. The Hall–Kier alpha value is -1.81. The van der Waals surface area contributed by atoms with Gasteiger partial charge in [-0.2, -0.15) is 0 Å². The number of hydrogen-bond donors (Lipinski definition) is 1. The van der Waals surface area contributed by atoms with Crippen LogP contribution in [-0.4, -0.2) is 38.1 Å². The minimum absolute atomic E-state index is 0.0703. The van der Waals surface area contributed by atoms with Crippen LogP contribution in [0.2, 0.25) is 0 Å². The van der Waals surface area contributed by atoms with E-state index in [-0.39, 0.29) is 5.91 Å². The molecule has 0 radical (unpaired) electrons. The number of nitrogens with one attached hydrogen (secondary N) is 1. The van der Waals surface area contributed by atoms with E-state index in [4.69, 9.17) is 4.74 Å². The van der Waals surface area contributed by atoms with Crippen LogP contribution in [0.25, 0.3) is 0 Å². The largest absolute Gasteiger partial charge is 0.490 e. The van der Waals surface area contributed by atoms with Gasteiger partial charge in [-0.15, -0.1) is 0 Å². The quantitative estimate of drug-likeness (QED) is 0.742. The molecule has 1 aromatic carbocycles. The standard InChI is InChI=1S/C14H20N2O2/c1-4-9-18-13-7-5-12(6-8-13)10-15-11-14(17)16(2)3/h4-8,15H,1,9-11H2,2-3H3. The summed E-state index contributed by atoms with van der Waals surface area (Å²) in [5.74, 6) is 0.893. The van der Waals surface area contributed by atoms with E-state index in [2.05, 4.69) is 11.9 Å². The average Bonchev–Trinajstić information content (AvgIpc) is 2.37. The molecule has 18 heavy (non-hydrogen) atoms. The smallest absolute Gasteiger partial charge is 0.236 e. The number of carbonyl (C=O) groups is 1. The Bertz CT molecular complexity index is 385. The second kappa shape index (κ2) is 7.50. The summed E-state index contributed by atoms with van der Waals surface area (Å²) in [4.78, 5) is 12.9. The third kappa shape index (κ3) is 5.01. The fraction of sp³-hybridized carbons (Fsp3) is 0.357. The summed E-state index contributed by atoms with van der Waals surface area (Å²) in [6, 6.07) is 7.78. The number of nitrogens with zero attached hydrogens (tertiary/aromatic N) is 1. The number of likely N-dealkylation sites (N-methyl/N-ethyl adjacent to an activating group) is 1. The van der Waals surface area contributed by atoms with Gasteiger partial charge >= 0.3 is 0 Å². The fourth-order valence-electron chi connectivity index (χ4n) is 1.33. The molecule has 0 atom stereocenters. The van der Waals surface area contributed by atoms with E-state index in [1.165, 1.54) is 0 Å². The molecule has 4 nitrogen and oxygen atoms in total. The molecular weight excluding hydrogens is 228 g/mol. The number of ether oxygens (including phenoxy) is 1. The third-order valence-corrected chi connectivity index (χ3v) is 2.40. The Morgan fingerprint density at radius 3 is 2.61 bits per heavy atom. The van der Waals surface area contributed by atoms with Crippen molar-refractivity contribution in [2.24, 2.45) is 0 Å². The van der Waals surface area contributed by atoms with Gasteiger partial charge in [0.1, 0.15) is 12.4 Å². The lowest BCUT2D eigenvalue weighted by atomic mass is 10.2. The van der Waals surface area contributed by atoms with Crippen molar-refractivity contribution in [1.82, 2.24) is 10.2 Å². The number of amides is 1. The molecule has 4 heteroatoms. The van der Waals surface area contributed by atoms with Crippen LogP contribution in [-0.2, 0) is 11.3 Å². The summed E-state index contributed by atoms with van der Waals surface area (Å²) in [5, 5.41) is 3.10. The minimum Gasteiger partial charge on any atom is -0.490 e. The van der Waals surface area contributed by atoms with Gasteiger partial charge in [-0.25, -0.2) is 0 Å². The van der Waals surface area contributed by atoms with E-state index in [1.807, 2.05) is 24.3 Å². The van der Waals surface area contributed by atoms with Crippen LogP contribution in [0.1, 0.15) is 5.56 Å². The first kappa shape index (κ1) is 14.3. The predicted octanol–water partition coefficient (Wildman–Crippen LogP) is 1.43. The molecule has 0 aliphatic rings. The molecule has 98 valence electrons. The zero-order chi connectivity index (χ0) is 13.4. The van der Waals surface area contributed by atoms with Crippen molar-refractivity contribution in [3.63, 3.8) is 0 Å². The van der Waals surface area contributed by atoms with Crippen LogP contribution in [0.4, 0.5) is 0 Å². The molecule has 0 heterocycles. The number of rotatable bonds is 7. The molecule has 0 unspecified atom stereocenters. The van der Waals surface area contributed by atoms with Crippen molar-refractivity contribution >= 4 is 5.91 Å². The second-order valence-corrected chi connectivity index (χ2v) is 4.14. The maximum atomic E-state index is 11.3. The van der Waals surface area contributed by atoms with Crippen molar-refractivity contribution in [2.75, 3.05) is 27.2 Å². The van der Waals surface area contributed by atoms with E-state index in [0.717, 1.165) is 11.3 Å². The van der Waals surface area contributed by atoms with Gasteiger partial charge in [0.15, 0.2) is 0 Å². The second-order valence-electron chi connectivity index (χ2n) is 4.14. The van der Waals surface area contributed by atoms with Crippen LogP contribution in [0.3, 0.4) is 0 Å². The predicted molar refractivity (Wildman–Crippen MR) is 72.5 cm³/mol. The maximum absolute atomic E-state index is 11.3. The van der Waals surface area contributed by atoms with Gasteiger partial charge in [0.2, 0.25) is 5.91 Å². The van der Waals surface area contributed by atoms with Gasteiger partial charge in [-0.3, -0.25) is 4.79 Å². The summed E-state index contributed by atoms with van der Waals surface area (Å²) in [6.45, 7) is 5.12. The Morgan fingerprint density at radius 2 is 2.06 bits per heavy atom. The van der Waals surface area contributed by atoms with Gasteiger partial charge in [0.05, 0.1) is 6.54 Å². The summed E-state index contributed by atoms with van der Waals surface area (Å²) < 4.78 is 5.39. The van der Waals surface area contributed by atoms with E-state index < -0.39 is 0 Å². The van der Waals surface area contributed by atoms with Crippen LogP contribution >= 0.6 is 0 Å². The lowest BCUT2D eigenvalue weighted by Gasteiger charge is -2.11. The van der Waals surface area contributed by atoms with E-state index in [9.17, 15) is 4.79 Å². The summed E-state index contributed by atoms with van der Waals surface area (Å²) >= 11 is 0. The van der Waals surface area contributed by atoms with E-state index >= 15 is 0 Å². The molecule has 1 aromatic rings. The number of benzene rings is 1. The van der Waals surface area contributed by atoms with Crippen molar-refractivity contribution in [3.05, 3.63) is 42.5 Å². The van der Waals surface area contributed by atoms with Crippen LogP contribution in [0.15, 0.2) is 36.9 Å². The Labute approximate surface area is 108 Å². The van der Waals surface area contributed by atoms with Gasteiger partial charge in [-0.05, 0) is 17.7 Å².